The number of allylic oxidation sites excluding steroid dienone is 7. The number of carbonyl (C=O) groups is 2. The summed E-state index contributed by atoms with van der Waals surface area (Å²) in [5.41, 5.74) is 3.11. The summed E-state index contributed by atoms with van der Waals surface area (Å²) in [6.07, 6.45) is 11.2. The summed E-state index contributed by atoms with van der Waals surface area (Å²) in [6.45, 7) is 12.2. The molecule has 0 aromatic rings. The summed E-state index contributed by atoms with van der Waals surface area (Å²) in [5.74, 6) is -0.967. The van der Waals surface area contributed by atoms with Crippen molar-refractivity contribution in [2.24, 2.45) is 0 Å². The summed E-state index contributed by atoms with van der Waals surface area (Å²) >= 11 is 0. The Hall–Kier alpha value is -1.90. The third-order valence-electron chi connectivity index (χ3n) is 4.19. The number of unbranched alkanes of at least 4 members (excludes halogenated alkanes) is 2. The van der Waals surface area contributed by atoms with Crippen molar-refractivity contribution in [3.8, 4) is 0 Å². The molecule has 0 radical (unpaired) electrons. The van der Waals surface area contributed by atoms with Crippen LogP contribution in [-0.4, -0.2) is 16.7 Å². The number of aliphatic hydroxyl groups is 1. The van der Waals surface area contributed by atoms with Gasteiger partial charge in [0.1, 0.15) is 0 Å². The van der Waals surface area contributed by atoms with E-state index in [0.29, 0.717) is 18.4 Å². The summed E-state index contributed by atoms with van der Waals surface area (Å²) in [7, 11) is 0. The molecule has 1 N–H and O–H groups in total. The van der Waals surface area contributed by atoms with E-state index in [9.17, 15) is 14.7 Å². The highest BCUT2D eigenvalue weighted by atomic mass is 16.3. The Labute approximate surface area is 159 Å². The fraction of sp³-hybridized carbons (Fsp3) is 0.565. The zero-order chi connectivity index (χ0) is 20.1. The van der Waals surface area contributed by atoms with Crippen molar-refractivity contribution in [2.75, 3.05) is 0 Å². The van der Waals surface area contributed by atoms with Crippen LogP contribution in [0.25, 0.3) is 0 Å². The van der Waals surface area contributed by atoms with Gasteiger partial charge in [0.25, 0.3) is 0 Å². The van der Waals surface area contributed by atoms with E-state index in [1.807, 2.05) is 26.8 Å². The molecule has 3 nitrogen and oxygen atoms in total. The lowest BCUT2D eigenvalue weighted by Gasteiger charge is -2.14. The van der Waals surface area contributed by atoms with Crippen LogP contribution in [0.1, 0.15) is 86.5 Å². The molecule has 0 aromatic carbocycles. The lowest BCUT2D eigenvalue weighted by Crippen LogP contribution is -2.19. The Morgan fingerprint density at radius 2 is 1.73 bits per heavy atom. The van der Waals surface area contributed by atoms with Gasteiger partial charge in [-0.1, -0.05) is 56.9 Å². The quantitative estimate of drug-likeness (QED) is 0.287. The van der Waals surface area contributed by atoms with Gasteiger partial charge in [-0.2, -0.15) is 0 Å². The fourth-order valence-electron chi connectivity index (χ4n) is 2.63. The Bertz CT molecular complexity index is 597. The van der Waals surface area contributed by atoms with E-state index in [0.717, 1.165) is 37.7 Å². The molecular weight excluding hydrogens is 324 g/mol. The first kappa shape index (κ1) is 24.1. The maximum Gasteiger partial charge on any atom is 0.223 e. The van der Waals surface area contributed by atoms with E-state index >= 15 is 0 Å². The number of hydrogen-bond acceptors (Lipinski definition) is 3. The fourth-order valence-corrected chi connectivity index (χ4v) is 2.63. The normalized spacial score (nSPS) is 14.7. The van der Waals surface area contributed by atoms with Gasteiger partial charge in [0.2, 0.25) is 5.78 Å². The lowest BCUT2D eigenvalue weighted by atomic mass is 9.90. The Kier molecular flexibility index (Phi) is 12.3. The van der Waals surface area contributed by atoms with Gasteiger partial charge < -0.3 is 5.11 Å². The topological polar surface area (TPSA) is 54.4 Å². The molecule has 0 fully saturated rings. The standard InChI is InChI=1S/C21H30O3.C2H6/c1-5-6-7-11-17-14-19(22)18(21(24)20(17)23)13-12-16(4)10-8-9-15(2)3;1-2/h9,12,14,24H,5-8,10-11,13H2,1-4H3;1-2H3/b16-12+;. The molecule has 1 rings (SSSR count). The molecule has 0 heterocycles. The van der Waals surface area contributed by atoms with Crippen LogP contribution in [0.15, 0.2) is 46.3 Å². The number of ketones is 2. The third kappa shape index (κ3) is 8.46. The molecule has 0 atom stereocenters. The van der Waals surface area contributed by atoms with Gasteiger partial charge >= 0.3 is 0 Å². The van der Waals surface area contributed by atoms with Gasteiger partial charge in [0.05, 0.1) is 0 Å². The molecule has 1 aliphatic rings. The van der Waals surface area contributed by atoms with Crippen LogP contribution in [0.3, 0.4) is 0 Å². The second-order valence-corrected chi connectivity index (χ2v) is 6.72. The van der Waals surface area contributed by atoms with Crippen molar-refractivity contribution >= 4 is 11.6 Å². The maximum atomic E-state index is 12.2. The van der Waals surface area contributed by atoms with Gasteiger partial charge in [-0.25, -0.2) is 0 Å². The highest BCUT2D eigenvalue weighted by Crippen LogP contribution is 2.24. The molecule has 26 heavy (non-hydrogen) atoms. The molecule has 0 bridgehead atoms. The minimum Gasteiger partial charge on any atom is -0.504 e. The largest absolute Gasteiger partial charge is 0.504 e. The minimum atomic E-state index is -0.378. The van der Waals surface area contributed by atoms with Crippen LogP contribution >= 0.6 is 0 Å². The summed E-state index contributed by atoms with van der Waals surface area (Å²) in [4.78, 5) is 24.4. The molecule has 3 heteroatoms. The number of hydrogen-bond donors (Lipinski definition) is 1. The smallest absolute Gasteiger partial charge is 0.223 e. The molecule has 0 saturated carbocycles. The molecular formula is C23H36O3. The van der Waals surface area contributed by atoms with Crippen molar-refractivity contribution in [2.45, 2.75) is 86.5 Å². The van der Waals surface area contributed by atoms with Crippen molar-refractivity contribution in [3.05, 3.63) is 46.3 Å². The summed E-state index contributed by atoms with van der Waals surface area (Å²) in [5, 5.41) is 10.1. The maximum absolute atomic E-state index is 12.2. The van der Waals surface area contributed by atoms with Crippen LogP contribution < -0.4 is 0 Å². The first-order valence-corrected chi connectivity index (χ1v) is 9.87. The predicted molar refractivity (Wildman–Crippen MR) is 110 cm³/mol. The number of carbonyl (C=O) groups excluding carboxylic acids is 2. The van der Waals surface area contributed by atoms with E-state index < -0.39 is 0 Å². The van der Waals surface area contributed by atoms with Gasteiger partial charge in [-0.05, 0) is 59.0 Å². The van der Waals surface area contributed by atoms with Crippen molar-refractivity contribution in [1.29, 1.82) is 0 Å². The SMILES string of the molecule is CC.CCCCCC1=CC(=O)C(C/C=C(\C)CCC=C(C)C)=C(O)C1=O. The van der Waals surface area contributed by atoms with Crippen LogP contribution in [0.4, 0.5) is 0 Å². The Balaban J connectivity index is 0.00000301. The van der Waals surface area contributed by atoms with Gasteiger partial charge in [0.15, 0.2) is 11.5 Å². The predicted octanol–water partition coefficient (Wildman–Crippen LogP) is 6.57. The van der Waals surface area contributed by atoms with Crippen molar-refractivity contribution in [3.63, 3.8) is 0 Å². The van der Waals surface area contributed by atoms with E-state index in [1.165, 1.54) is 11.6 Å². The zero-order valence-corrected chi connectivity index (χ0v) is 17.4. The first-order chi connectivity index (χ1) is 12.4. The summed E-state index contributed by atoms with van der Waals surface area (Å²) < 4.78 is 0. The van der Waals surface area contributed by atoms with Gasteiger partial charge in [-0.15, -0.1) is 0 Å². The zero-order valence-electron chi connectivity index (χ0n) is 17.4. The number of Topliss-reactive ketones (excluding diaryl/α,β-unsaturated/α-hetero) is 1. The number of rotatable bonds is 9. The van der Waals surface area contributed by atoms with E-state index in [2.05, 4.69) is 26.8 Å². The highest BCUT2D eigenvalue weighted by molar-refractivity contribution is 6.21. The molecule has 0 amide bonds. The Morgan fingerprint density at radius 3 is 2.31 bits per heavy atom. The second-order valence-electron chi connectivity index (χ2n) is 6.72. The van der Waals surface area contributed by atoms with Gasteiger partial charge in [0, 0.05) is 11.1 Å². The monoisotopic (exact) mass is 360 g/mol. The lowest BCUT2D eigenvalue weighted by molar-refractivity contribution is -0.118. The third-order valence-corrected chi connectivity index (χ3v) is 4.19. The molecule has 0 aromatic heterocycles. The van der Waals surface area contributed by atoms with E-state index in [1.54, 1.807) is 0 Å². The summed E-state index contributed by atoms with van der Waals surface area (Å²) in [6, 6.07) is 0. The molecule has 146 valence electrons. The average Bonchev–Trinajstić information content (AvgIpc) is 2.60. The minimum absolute atomic E-state index is 0.223. The first-order valence-electron chi connectivity index (χ1n) is 9.87. The number of aliphatic hydroxyl groups excluding tert-OH is 1. The van der Waals surface area contributed by atoms with Crippen LogP contribution in [0.2, 0.25) is 0 Å². The van der Waals surface area contributed by atoms with Crippen molar-refractivity contribution < 1.29 is 14.7 Å². The highest BCUT2D eigenvalue weighted by Gasteiger charge is 2.27. The van der Waals surface area contributed by atoms with E-state index in [-0.39, 0.29) is 22.9 Å². The van der Waals surface area contributed by atoms with Crippen LogP contribution in [-0.2, 0) is 9.59 Å². The molecule has 0 aliphatic heterocycles. The molecule has 0 spiro atoms. The van der Waals surface area contributed by atoms with Crippen LogP contribution in [0.5, 0.6) is 0 Å². The van der Waals surface area contributed by atoms with Gasteiger partial charge in [-0.3, -0.25) is 9.59 Å². The second kappa shape index (κ2) is 13.3. The average molecular weight is 361 g/mol. The van der Waals surface area contributed by atoms with E-state index in [4.69, 9.17) is 0 Å². The van der Waals surface area contributed by atoms with Crippen LogP contribution in [0, 0.1) is 0 Å². The Morgan fingerprint density at radius 1 is 1.08 bits per heavy atom. The molecule has 1 aliphatic carbocycles. The molecule has 0 unspecified atom stereocenters. The van der Waals surface area contributed by atoms with Crippen molar-refractivity contribution in [1.82, 2.24) is 0 Å². The molecule has 0 saturated heterocycles.